The molecule has 0 atom stereocenters. The van der Waals surface area contributed by atoms with Crippen LogP contribution in [0.3, 0.4) is 0 Å². The summed E-state index contributed by atoms with van der Waals surface area (Å²) >= 11 is 0. The van der Waals surface area contributed by atoms with E-state index >= 15 is 0 Å². The Labute approximate surface area is 157 Å². The van der Waals surface area contributed by atoms with Gasteiger partial charge in [-0.2, -0.15) is 15.0 Å². The van der Waals surface area contributed by atoms with Gasteiger partial charge >= 0.3 is 6.01 Å². The normalized spacial score (nSPS) is 13.7. The van der Waals surface area contributed by atoms with Crippen molar-refractivity contribution in [2.45, 2.75) is 17.9 Å². The van der Waals surface area contributed by atoms with Crippen molar-refractivity contribution < 1.29 is 22.6 Å². The van der Waals surface area contributed by atoms with Crippen LogP contribution in [0, 0.1) is 0 Å². The van der Waals surface area contributed by atoms with Crippen LogP contribution in [0.15, 0.2) is 23.1 Å². The molecule has 0 spiro atoms. The summed E-state index contributed by atoms with van der Waals surface area (Å²) in [6, 6.07) is 4.61. The first-order chi connectivity index (χ1) is 12.9. The van der Waals surface area contributed by atoms with Gasteiger partial charge in [0.05, 0.1) is 31.8 Å². The maximum atomic E-state index is 12.6. The molecule has 11 heteroatoms. The summed E-state index contributed by atoms with van der Waals surface area (Å²) in [6.07, 6.45) is 0.741. The SMILES string of the molecule is COc1nc(CNS(=O)(=O)c2ccc3c(c2)OCCCO3)nc(N(C)C)n1. The zero-order valence-corrected chi connectivity index (χ0v) is 16.1. The number of anilines is 1. The lowest BCUT2D eigenvalue weighted by molar-refractivity contribution is 0.297. The Kier molecular flexibility index (Phi) is 5.61. The maximum absolute atomic E-state index is 12.6. The number of benzene rings is 1. The molecule has 0 radical (unpaired) electrons. The Bertz CT molecular complexity index is 919. The van der Waals surface area contributed by atoms with Gasteiger partial charge < -0.3 is 19.1 Å². The van der Waals surface area contributed by atoms with Crippen LogP contribution >= 0.6 is 0 Å². The lowest BCUT2D eigenvalue weighted by Crippen LogP contribution is -2.25. The van der Waals surface area contributed by atoms with Crippen LogP contribution < -0.4 is 23.8 Å². The van der Waals surface area contributed by atoms with Crippen LogP contribution in [0.5, 0.6) is 17.5 Å². The van der Waals surface area contributed by atoms with Gasteiger partial charge in [-0.15, -0.1) is 0 Å². The molecule has 0 unspecified atom stereocenters. The first kappa shape index (κ1) is 19.1. The number of hydrogen-bond acceptors (Lipinski definition) is 9. The molecule has 0 amide bonds. The zero-order chi connectivity index (χ0) is 19.4. The number of ether oxygens (including phenoxy) is 3. The molecule has 1 N–H and O–H groups in total. The molecule has 1 aliphatic heterocycles. The highest BCUT2D eigenvalue weighted by atomic mass is 32.2. The molecule has 1 aromatic heterocycles. The standard InChI is InChI=1S/C16H21N5O5S/c1-21(2)15-18-14(19-16(20-15)24-3)10-17-27(22,23)11-5-6-12-13(9-11)26-8-4-7-25-12/h5-6,9,17H,4,7-8,10H2,1-3H3. The molecule has 0 bridgehead atoms. The summed E-state index contributed by atoms with van der Waals surface area (Å²) < 4.78 is 43.8. The van der Waals surface area contributed by atoms with E-state index in [0.717, 1.165) is 6.42 Å². The first-order valence-corrected chi connectivity index (χ1v) is 9.73. The number of rotatable bonds is 6. The van der Waals surface area contributed by atoms with Crippen molar-refractivity contribution in [3.05, 3.63) is 24.0 Å². The molecule has 1 aliphatic rings. The number of nitrogens with one attached hydrogen (secondary N) is 1. The van der Waals surface area contributed by atoms with Gasteiger partial charge in [0.25, 0.3) is 0 Å². The Morgan fingerprint density at radius 2 is 1.89 bits per heavy atom. The summed E-state index contributed by atoms with van der Waals surface area (Å²) in [6.45, 7) is 0.894. The predicted molar refractivity (Wildman–Crippen MR) is 96.8 cm³/mol. The molecule has 27 heavy (non-hydrogen) atoms. The summed E-state index contributed by atoms with van der Waals surface area (Å²) in [5.41, 5.74) is 0. The van der Waals surface area contributed by atoms with Crippen LogP contribution in [0.25, 0.3) is 0 Å². The molecule has 2 aromatic rings. The first-order valence-electron chi connectivity index (χ1n) is 8.24. The van der Waals surface area contributed by atoms with Crippen molar-refractivity contribution in [2.75, 3.05) is 39.3 Å². The van der Waals surface area contributed by atoms with Crippen LogP contribution in [0.4, 0.5) is 5.95 Å². The summed E-state index contributed by atoms with van der Waals surface area (Å²) in [5.74, 6) is 1.55. The molecule has 1 aromatic carbocycles. The molecule has 10 nitrogen and oxygen atoms in total. The van der Waals surface area contributed by atoms with Gasteiger partial charge in [-0.05, 0) is 12.1 Å². The van der Waals surface area contributed by atoms with E-state index in [1.54, 1.807) is 25.1 Å². The van der Waals surface area contributed by atoms with E-state index in [9.17, 15) is 8.42 Å². The lowest BCUT2D eigenvalue weighted by Gasteiger charge is -2.13. The van der Waals surface area contributed by atoms with E-state index in [-0.39, 0.29) is 23.3 Å². The second-order valence-electron chi connectivity index (χ2n) is 5.92. The molecule has 146 valence electrons. The Morgan fingerprint density at radius 1 is 1.15 bits per heavy atom. The number of nitrogens with zero attached hydrogens (tertiary/aromatic N) is 4. The predicted octanol–water partition coefficient (Wildman–Crippen LogP) is 0.586. The fourth-order valence-electron chi connectivity index (χ4n) is 2.31. The number of methoxy groups -OCH3 is 1. The minimum absolute atomic E-state index is 0.0700. The quantitative estimate of drug-likeness (QED) is 0.750. The fraction of sp³-hybridized carbons (Fsp3) is 0.438. The van der Waals surface area contributed by atoms with Gasteiger partial charge in [0.2, 0.25) is 16.0 Å². The lowest BCUT2D eigenvalue weighted by atomic mass is 10.3. The van der Waals surface area contributed by atoms with Gasteiger partial charge in [-0.1, -0.05) is 0 Å². The third-order valence-electron chi connectivity index (χ3n) is 3.68. The van der Waals surface area contributed by atoms with E-state index in [1.807, 2.05) is 0 Å². The largest absolute Gasteiger partial charge is 0.490 e. The van der Waals surface area contributed by atoms with E-state index < -0.39 is 10.0 Å². The van der Waals surface area contributed by atoms with E-state index in [1.165, 1.54) is 19.2 Å². The molecule has 0 fully saturated rings. The van der Waals surface area contributed by atoms with Crippen LogP contribution in [-0.4, -0.2) is 57.8 Å². The van der Waals surface area contributed by atoms with Gasteiger partial charge in [0, 0.05) is 26.6 Å². The van der Waals surface area contributed by atoms with Crippen LogP contribution in [-0.2, 0) is 16.6 Å². The number of hydrogen-bond donors (Lipinski definition) is 1. The smallest absolute Gasteiger partial charge is 0.321 e. The Hall–Kier alpha value is -2.66. The van der Waals surface area contributed by atoms with E-state index in [2.05, 4.69) is 19.7 Å². The van der Waals surface area contributed by atoms with Crippen LogP contribution in [0.2, 0.25) is 0 Å². The average Bonchev–Trinajstić information content (AvgIpc) is 2.91. The molecular weight excluding hydrogens is 374 g/mol. The minimum atomic E-state index is -3.80. The van der Waals surface area contributed by atoms with Crippen molar-refractivity contribution in [2.24, 2.45) is 0 Å². The van der Waals surface area contributed by atoms with Crippen LogP contribution in [0.1, 0.15) is 12.2 Å². The van der Waals surface area contributed by atoms with Crippen molar-refractivity contribution in [3.8, 4) is 17.5 Å². The number of fused-ring (bicyclic) bond motifs is 1. The third-order valence-corrected chi connectivity index (χ3v) is 5.08. The monoisotopic (exact) mass is 395 g/mol. The second-order valence-corrected chi connectivity index (χ2v) is 7.68. The third kappa shape index (κ3) is 4.55. The van der Waals surface area contributed by atoms with Gasteiger partial charge in [-0.3, -0.25) is 0 Å². The Morgan fingerprint density at radius 3 is 2.59 bits per heavy atom. The molecule has 3 rings (SSSR count). The van der Waals surface area contributed by atoms with Crippen molar-refractivity contribution in [1.82, 2.24) is 19.7 Å². The maximum Gasteiger partial charge on any atom is 0.321 e. The van der Waals surface area contributed by atoms with Crippen molar-refractivity contribution in [3.63, 3.8) is 0 Å². The van der Waals surface area contributed by atoms with E-state index in [0.29, 0.717) is 30.7 Å². The number of sulfonamides is 1. The summed E-state index contributed by atoms with van der Waals surface area (Å²) in [7, 11) is 1.16. The fourth-order valence-corrected chi connectivity index (χ4v) is 3.31. The summed E-state index contributed by atoms with van der Waals surface area (Å²) in [4.78, 5) is 14.1. The van der Waals surface area contributed by atoms with E-state index in [4.69, 9.17) is 14.2 Å². The van der Waals surface area contributed by atoms with Gasteiger partial charge in [-0.25, -0.2) is 13.1 Å². The minimum Gasteiger partial charge on any atom is -0.490 e. The highest BCUT2D eigenvalue weighted by molar-refractivity contribution is 7.89. The average molecular weight is 395 g/mol. The van der Waals surface area contributed by atoms with Gasteiger partial charge in [0.1, 0.15) is 0 Å². The van der Waals surface area contributed by atoms with Crippen molar-refractivity contribution >= 4 is 16.0 Å². The van der Waals surface area contributed by atoms with Crippen molar-refractivity contribution in [1.29, 1.82) is 0 Å². The Balaban J connectivity index is 1.79. The molecule has 0 saturated carbocycles. The summed E-state index contributed by atoms with van der Waals surface area (Å²) in [5, 5.41) is 0. The highest BCUT2D eigenvalue weighted by Crippen LogP contribution is 2.31. The number of aromatic nitrogens is 3. The molecular formula is C16H21N5O5S. The zero-order valence-electron chi connectivity index (χ0n) is 15.3. The second kappa shape index (κ2) is 7.92. The topological polar surface area (TPSA) is 116 Å². The molecule has 0 aliphatic carbocycles. The molecule has 2 heterocycles. The van der Waals surface area contributed by atoms with Gasteiger partial charge in [0.15, 0.2) is 17.3 Å². The highest BCUT2D eigenvalue weighted by Gasteiger charge is 2.19. The molecule has 0 saturated heterocycles.